The highest BCUT2D eigenvalue weighted by molar-refractivity contribution is 5.97. The van der Waals surface area contributed by atoms with Crippen LogP contribution < -0.4 is 16.0 Å². The van der Waals surface area contributed by atoms with E-state index in [0.29, 0.717) is 24.2 Å². The van der Waals surface area contributed by atoms with Gasteiger partial charge in [-0.25, -0.2) is 0 Å². The highest BCUT2D eigenvalue weighted by atomic mass is 16.5. The summed E-state index contributed by atoms with van der Waals surface area (Å²) in [6.45, 7) is 4.88. The fourth-order valence-electron chi connectivity index (χ4n) is 4.64. The van der Waals surface area contributed by atoms with Crippen molar-refractivity contribution in [3.05, 3.63) is 64.6 Å². The number of nitrogens with two attached hydrogens (primary N) is 1. The number of likely N-dealkylation sites (tertiary alicyclic amines) is 1. The summed E-state index contributed by atoms with van der Waals surface area (Å²) in [5.41, 5.74) is 8.21. The van der Waals surface area contributed by atoms with E-state index in [0.717, 1.165) is 34.9 Å². The van der Waals surface area contributed by atoms with Crippen molar-refractivity contribution in [2.45, 2.75) is 39.2 Å². The number of aromatic nitrogens is 1. The lowest BCUT2D eigenvalue weighted by molar-refractivity contribution is -0.140. The highest BCUT2D eigenvalue weighted by Crippen LogP contribution is 2.31. The molecule has 1 saturated heterocycles. The molecule has 0 unspecified atom stereocenters. The van der Waals surface area contributed by atoms with Crippen LogP contribution in [-0.4, -0.2) is 40.9 Å². The molecule has 7 nitrogen and oxygen atoms in total. The lowest BCUT2D eigenvalue weighted by atomic mass is 9.94. The third-order valence-electron chi connectivity index (χ3n) is 6.29. The van der Waals surface area contributed by atoms with Gasteiger partial charge in [0.1, 0.15) is 5.75 Å². The zero-order valence-electron chi connectivity index (χ0n) is 19.0. The summed E-state index contributed by atoms with van der Waals surface area (Å²) in [7, 11) is 0. The van der Waals surface area contributed by atoms with E-state index in [9.17, 15) is 14.4 Å². The van der Waals surface area contributed by atoms with Crippen molar-refractivity contribution in [3.63, 3.8) is 0 Å². The number of aryl methyl sites for hydroxylation is 1. The van der Waals surface area contributed by atoms with Gasteiger partial charge in [0.05, 0.1) is 5.39 Å². The molecule has 7 heteroatoms. The van der Waals surface area contributed by atoms with Crippen LogP contribution in [0.3, 0.4) is 0 Å². The number of hydrogen-bond donors (Lipinski definition) is 2. The maximum atomic E-state index is 13.0. The van der Waals surface area contributed by atoms with Crippen molar-refractivity contribution in [3.8, 4) is 16.9 Å². The van der Waals surface area contributed by atoms with E-state index < -0.39 is 6.10 Å². The van der Waals surface area contributed by atoms with E-state index in [4.69, 9.17) is 10.5 Å². The summed E-state index contributed by atoms with van der Waals surface area (Å²) < 4.78 is 5.94. The number of piperidine rings is 1. The average molecular weight is 448 g/mol. The molecule has 1 fully saturated rings. The van der Waals surface area contributed by atoms with Crippen molar-refractivity contribution in [2.24, 2.45) is 11.7 Å². The second-order valence-electron chi connectivity index (χ2n) is 8.78. The van der Waals surface area contributed by atoms with E-state index in [-0.39, 0.29) is 29.7 Å². The number of benzene rings is 2. The van der Waals surface area contributed by atoms with Crippen LogP contribution in [0.1, 0.15) is 31.7 Å². The maximum absolute atomic E-state index is 13.0. The molecular weight excluding hydrogens is 418 g/mol. The Labute approximate surface area is 192 Å². The number of nitrogens with one attached hydrogen (secondary N) is 1. The Bertz CT molecular complexity index is 1250. The summed E-state index contributed by atoms with van der Waals surface area (Å²) in [5, 5.41) is 1.33. The minimum absolute atomic E-state index is 0.0893. The van der Waals surface area contributed by atoms with Crippen LogP contribution >= 0.6 is 0 Å². The van der Waals surface area contributed by atoms with E-state index >= 15 is 0 Å². The molecule has 1 aliphatic rings. The average Bonchev–Trinajstić information content (AvgIpc) is 2.79. The number of aromatic amines is 1. The van der Waals surface area contributed by atoms with Crippen molar-refractivity contribution >= 4 is 22.6 Å². The van der Waals surface area contributed by atoms with Gasteiger partial charge in [0.15, 0.2) is 6.10 Å². The van der Waals surface area contributed by atoms with Crippen molar-refractivity contribution in [1.82, 2.24) is 9.88 Å². The van der Waals surface area contributed by atoms with Crippen LogP contribution in [0, 0.1) is 12.8 Å². The monoisotopic (exact) mass is 447 g/mol. The molecule has 3 aromatic rings. The zero-order valence-corrected chi connectivity index (χ0v) is 19.0. The van der Waals surface area contributed by atoms with Gasteiger partial charge in [0, 0.05) is 31.3 Å². The molecule has 2 atom stereocenters. The first-order chi connectivity index (χ1) is 15.8. The van der Waals surface area contributed by atoms with Gasteiger partial charge in [0.2, 0.25) is 5.91 Å². The van der Waals surface area contributed by atoms with Crippen LogP contribution in [0.15, 0.2) is 53.5 Å². The normalized spacial score (nSPS) is 17.0. The molecule has 1 aliphatic heterocycles. The van der Waals surface area contributed by atoms with Crippen LogP contribution in [0.25, 0.3) is 21.9 Å². The van der Waals surface area contributed by atoms with Gasteiger partial charge in [-0.3, -0.25) is 14.4 Å². The SMILES string of the molecule is Cc1ccccc1-c1c[nH]c(=O)c2cc(O[C@H](C)C(=O)N3CCC[C@H](CC(N)=O)C3)ccc12. The number of amides is 2. The van der Waals surface area contributed by atoms with Gasteiger partial charge in [-0.2, -0.15) is 0 Å². The summed E-state index contributed by atoms with van der Waals surface area (Å²) in [4.78, 5) is 41.3. The number of rotatable bonds is 6. The van der Waals surface area contributed by atoms with Gasteiger partial charge >= 0.3 is 0 Å². The fraction of sp³-hybridized carbons (Fsp3) is 0.346. The number of nitrogens with zero attached hydrogens (tertiary/aromatic N) is 1. The van der Waals surface area contributed by atoms with Crippen molar-refractivity contribution in [1.29, 1.82) is 0 Å². The van der Waals surface area contributed by atoms with Crippen LogP contribution in [0.5, 0.6) is 5.75 Å². The molecule has 0 radical (unpaired) electrons. The third-order valence-corrected chi connectivity index (χ3v) is 6.29. The number of H-pyrrole nitrogens is 1. The van der Waals surface area contributed by atoms with Crippen LogP contribution in [-0.2, 0) is 9.59 Å². The highest BCUT2D eigenvalue weighted by Gasteiger charge is 2.28. The molecule has 2 aromatic carbocycles. The Kier molecular flexibility index (Phi) is 6.49. The molecule has 4 rings (SSSR count). The molecule has 0 spiro atoms. The van der Waals surface area contributed by atoms with Crippen molar-refractivity contribution < 1.29 is 14.3 Å². The van der Waals surface area contributed by atoms with E-state index in [1.807, 2.05) is 37.3 Å². The Morgan fingerprint density at radius 1 is 1.18 bits per heavy atom. The fourth-order valence-corrected chi connectivity index (χ4v) is 4.64. The molecule has 0 aliphatic carbocycles. The number of carbonyl (C=O) groups is 2. The number of ether oxygens (including phenoxy) is 1. The molecular formula is C26H29N3O4. The number of hydrogen-bond acceptors (Lipinski definition) is 4. The smallest absolute Gasteiger partial charge is 0.263 e. The maximum Gasteiger partial charge on any atom is 0.263 e. The second-order valence-corrected chi connectivity index (χ2v) is 8.78. The summed E-state index contributed by atoms with van der Waals surface area (Å²) in [6.07, 6.45) is 3.03. The molecule has 3 N–H and O–H groups in total. The van der Waals surface area contributed by atoms with Crippen molar-refractivity contribution in [2.75, 3.05) is 13.1 Å². The second kappa shape index (κ2) is 9.48. The Hall–Kier alpha value is -3.61. The molecule has 1 aromatic heterocycles. The minimum atomic E-state index is -0.714. The first kappa shape index (κ1) is 22.6. The molecule has 172 valence electrons. The lowest BCUT2D eigenvalue weighted by Gasteiger charge is -2.33. The predicted molar refractivity (Wildman–Crippen MR) is 128 cm³/mol. The summed E-state index contributed by atoms with van der Waals surface area (Å²) in [6, 6.07) is 13.4. The third kappa shape index (κ3) is 4.92. The van der Waals surface area contributed by atoms with Crippen LogP contribution in [0.4, 0.5) is 0 Å². The summed E-state index contributed by atoms with van der Waals surface area (Å²) >= 11 is 0. The van der Waals surface area contributed by atoms with E-state index in [1.165, 1.54) is 0 Å². The largest absolute Gasteiger partial charge is 0.481 e. The number of pyridine rings is 1. The molecule has 0 bridgehead atoms. The molecule has 2 heterocycles. The molecule has 2 amide bonds. The zero-order chi connectivity index (χ0) is 23.5. The van der Waals surface area contributed by atoms with Gasteiger partial charge < -0.3 is 20.4 Å². The van der Waals surface area contributed by atoms with E-state index in [2.05, 4.69) is 4.98 Å². The first-order valence-corrected chi connectivity index (χ1v) is 11.3. The van der Waals surface area contributed by atoms with Gasteiger partial charge in [-0.15, -0.1) is 0 Å². The van der Waals surface area contributed by atoms with Gasteiger partial charge in [0.25, 0.3) is 11.5 Å². The molecule has 0 saturated carbocycles. The number of primary amides is 1. The number of carbonyl (C=O) groups excluding carboxylic acids is 2. The van der Waals surface area contributed by atoms with E-state index in [1.54, 1.807) is 30.2 Å². The first-order valence-electron chi connectivity index (χ1n) is 11.3. The Balaban J connectivity index is 1.55. The standard InChI is InChI=1S/C26H29N3O4/c1-16-6-3-4-8-20(16)23-14-28-25(31)22-13-19(9-10-21(22)23)33-17(2)26(32)29-11-5-7-18(15-29)12-24(27)30/h3-4,6,8-10,13-14,17-18H,5,7,11-12,15H2,1-2H3,(H2,27,30)(H,28,31)/t17-,18-/m1/s1. The van der Waals surface area contributed by atoms with Gasteiger partial charge in [-0.05, 0) is 67.3 Å². The Morgan fingerprint density at radius 2 is 1.97 bits per heavy atom. The lowest BCUT2D eigenvalue weighted by Crippen LogP contribution is -2.46. The predicted octanol–water partition coefficient (Wildman–Crippen LogP) is 3.38. The van der Waals surface area contributed by atoms with Gasteiger partial charge in [-0.1, -0.05) is 24.3 Å². The topological polar surface area (TPSA) is 105 Å². The Morgan fingerprint density at radius 3 is 2.73 bits per heavy atom. The van der Waals surface area contributed by atoms with Crippen LogP contribution in [0.2, 0.25) is 0 Å². The quantitative estimate of drug-likeness (QED) is 0.604. The summed E-state index contributed by atoms with van der Waals surface area (Å²) in [5.74, 6) is 0.0739. The number of fused-ring (bicyclic) bond motifs is 1. The molecule has 33 heavy (non-hydrogen) atoms. The minimum Gasteiger partial charge on any atom is -0.481 e.